The zero-order valence-electron chi connectivity index (χ0n) is 12.4. The third kappa shape index (κ3) is 2.98. The standard InChI is InChI=1S/C13H22N6O/c1-7-10(15-8(2)13(20)19(3)4)16-12(9-5-6-9)17-11(7)18-14/h8-9H,5-6,14H2,1-4H3,(H2,15,16,17,18). The van der Waals surface area contributed by atoms with Gasteiger partial charge in [0.1, 0.15) is 23.5 Å². The summed E-state index contributed by atoms with van der Waals surface area (Å²) >= 11 is 0. The maximum atomic E-state index is 11.9. The van der Waals surface area contributed by atoms with Crippen molar-refractivity contribution in [3.8, 4) is 0 Å². The number of aromatic nitrogens is 2. The molecule has 0 saturated heterocycles. The minimum Gasteiger partial charge on any atom is -0.358 e. The fourth-order valence-electron chi connectivity index (χ4n) is 1.99. The largest absolute Gasteiger partial charge is 0.358 e. The average Bonchev–Trinajstić information content (AvgIpc) is 3.24. The second-order valence-corrected chi connectivity index (χ2v) is 5.42. The zero-order valence-corrected chi connectivity index (χ0v) is 12.4. The molecule has 1 fully saturated rings. The van der Waals surface area contributed by atoms with Gasteiger partial charge >= 0.3 is 0 Å². The Balaban J connectivity index is 2.25. The molecule has 0 spiro atoms. The Bertz CT molecular complexity index is 512. The van der Waals surface area contributed by atoms with Crippen molar-refractivity contribution < 1.29 is 4.79 Å². The van der Waals surface area contributed by atoms with Crippen molar-refractivity contribution in [1.82, 2.24) is 14.9 Å². The highest BCUT2D eigenvalue weighted by Gasteiger charge is 2.28. The normalized spacial score (nSPS) is 15.7. The molecule has 1 heterocycles. The van der Waals surface area contributed by atoms with E-state index in [2.05, 4.69) is 20.7 Å². The molecular formula is C13H22N6O. The molecule has 7 nitrogen and oxygen atoms in total. The van der Waals surface area contributed by atoms with E-state index in [1.807, 2.05) is 13.8 Å². The SMILES string of the molecule is Cc1c(NN)nc(C2CC2)nc1NC(C)C(=O)N(C)C. The van der Waals surface area contributed by atoms with E-state index in [1.54, 1.807) is 19.0 Å². The van der Waals surface area contributed by atoms with Crippen molar-refractivity contribution in [3.05, 3.63) is 11.4 Å². The molecule has 20 heavy (non-hydrogen) atoms. The molecule has 7 heteroatoms. The first-order valence-corrected chi connectivity index (χ1v) is 6.77. The van der Waals surface area contributed by atoms with E-state index in [-0.39, 0.29) is 11.9 Å². The van der Waals surface area contributed by atoms with Gasteiger partial charge in [-0.2, -0.15) is 0 Å². The lowest BCUT2D eigenvalue weighted by molar-refractivity contribution is -0.129. The van der Waals surface area contributed by atoms with Gasteiger partial charge in [0.15, 0.2) is 0 Å². The minimum absolute atomic E-state index is 0.00163. The van der Waals surface area contributed by atoms with E-state index in [1.165, 1.54) is 0 Å². The third-order valence-corrected chi connectivity index (χ3v) is 3.41. The molecule has 1 amide bonds. The molecule has 0 radical (unpaired) electrons. The molecule has 1 atom stereocenters. The Morgan fingerprint density at radius 3 is 2.45 bits per heavy atom. The van der Waals surface area contributed by atoms with E-state index < -0.39 is 0 Å². The molecule has 4 N–H and O–H groups in total. The van der Waals surface area contributed by atoms with Gasteiger partial charge in [-0.1, -0.05) is 0 Å². The third-order valence-electron chi connectivity index (χ3n) is 3.41. The van der Waals surface area contributed by atoms with Gasteiger partial charge in [-0.25, -0.2) is 15.8 Å². The summed E-state index contributed by atoms with van der Waals surface area (Å²) in [5.74, 6) is 7.98. The number of nitrogens with two attached hydrogens (primary N) is 1. The quantitative estimate of drug-likeness (QED) is 0.545. The summed E-state index contributed by atoms with van der Waals surface area (Å²) in [7, 11) is 3.46. The van der Waals surface area contributed by atoms with Crippen molar-refractivity contribution >= 4 is 17.5 Å². The number of hydrazine groups is 1. The second-order valence-electron chi connectivity index (χ2n) is 5.42. The number of anilines is 2. The van der Waals surface area contributed by atoms with Crippen molar-refractivity contribution in [2.45, 2.75) is 38.6 Å². The molecule has 1 aliphatic rings. The monoisotopic (exact) mass is 278 g/mol. The number of nitrogens with zero attached hydrogens (tertiary/aromatic N) is 3. The summed E-state index contributed by atoms with van der Waals surface area (Å²) in [4.78, 5) is 22.4. The predicted octanol–water partition coefficient (Wildman–Crippen LogP) is 0.837. The summed E-state index contributed by atoms with van der Waals surface area (Å²) in [6, 6.07) is -0.351. The summed E-state index contributed by atoms with van der Waals surface area (Å²) < 4.78 is 0. The number of nitrogen functional groups attached to an aromatic ring is 1. The molecule has 110 valence electrons. The number of nitrogens with one attached hydrogen (secondary N) is 2. The molecule has 1 aromatic rings. The minimum atomic E-state index is -0.351. The van der Waals surface area contributed by atoms with Crippen LogP contribution in [0.5, 0.6) is 0 Å². The molecule has 0 bridgehead atoms. The lowest BCUT2D eigenvalue weighted by Gasteiger charge is -2.20. The Hall–Kier alpha value is -1.89. The topological polar surface area (TPSA) is 96.2 Å². The number of amides is 1. The first-order valence-electron chi connectivity index (χ1n) is 6.77. The second kappa shape index (κ2) is 5.62. The van der Waals surface area contributed by atoms with Crippen LogP contribution in [0, 0.1) is 6.92 Å². The average molecular weight is 278 g/mol. The van der Waals surface area contributed by atoms with Gasteiger partial charge in [0.2, 0.25) is 5.91 Å². The molecule has 1 saturated carbocycles. The smallest absolute Gasteiger partial charge is 0.244 e. The van der Waals surface area contributed by atoms with Crippen LogP contribution in [0.2, 0.25) is 0 Å². The van der Waals surface area contributed by atoms with E-state index in [0.29, 0.717) is 17.6 Å². The first kappa shape index (κ1) is 14.5. The highest BCUT2D eigenvalue weighted by molar-refractivity contribution is 5.84. The van der Waals surface area contributed by atoms with E-state index in [0.717, 1.165) is 24.2 Å². The van der Waals surface area contributed by atoms with Crippen molar-refractivity contribution in [2.75, 3.05) is 24.8 Å². The Labute approximate surface area is 118 Å². The van der Waals surface area contributed by atoms with Gasteiger partial charge in [-0.05, 0) is 26.7 Å². The van der Waals surface area contributed by atoms with Gasteiger partial charge in [0.05, 0.1) is 0 Å². The lowest BCUT2D eigenvalue weighted by Crippen LogP contribution is -2.37. The number of rotatable bonds is 5. The molecule has 0 aliphatic heterocycles. The van der Waals surface area contributed by atoms with E-state index >= 15 is 0 Å². The van der Waals surface area contributed by atoms with Crippen LogP contribution in [-0.2, 0) is 4.79 Å². The molecule has 1 unspecified atom stereocenters. The van der Waals surface area contributed by atoms with Gasteiger partial charge < -0.3 is 15.6 Å². The number of hydrogen-bond acceptors (Lipinski definition) is 6. The fourth-order valence-corrected chi connectivity index (χ4v) is 1.99. The zero-order chi connectivity index (χ0) is 14.9. The maximum absolute atomic E-state index is 11.9. The first-order chi connectivity index (χ1) is 9.43. The van der Waals surface area contributed by atoms with Gasteiger partial charge in [-0.15, -0.1) is 0 Å². The highest BCUT2D eigenvalue weighted by atomic mass is 16.2. The van der Waals surface area contributed by atoms with E-state index in [9.17, 15) is 4.79 Å². The van der Waals surface area contributed by atoms with E-state index in [4.69, 9.17) is 5.84 Å². The van der Waals surface area contributed by atoms with Crippen LogP contribution < -0.4 is 16.6 Å². The summed E-state index contributed by atoms with van der Waals surface area (Å²) in [5.41, 5.74) is 3.41. The van der Waals surface area contributed by atoms with Crippen LogP contribution in [0.3, 0.4) is 0 Å². The van der Waals surface area contributed by atoms with Crippen molar-refractivity contribution in [1.29, 1.82) is 0 Å². The van der Waals surface area contributed by atoms with Gasteiger partial charge in [-0.3, -0.25) is 4.79 Å². The predicted molar refractivity (Wildman–Crippen MR) is 78.3 cm³/mol. The van der Waals surface area contributed by atoms with Crippen LogP contribution in [0.25, 0.3) is 0 Å². The van der Waals surface area contributed by atoms with Crippen LogP contribution in [0.1, 0.15) is 37.1 Å². The Morgan fingerprint density at radius 1 is 1.35 bits per heavy atom. The molecule has 1 aliphatic carbocycles. The lowest BCUT2D eigenvalue weighted by atomic mass is 10.2. The number of carbonyl (C=O) groups is 1. The summed E-state index contributed by atoms with van der Waals surface area (Å²) in [6.07, 6.45) is 2.22. The molecular weight excluding hydrogens is 256 g/mol. The van der Waals surface area contributed by atoms with Gasteiger partial charge in [0.25, 0.3) is 0 Å². The Morgan fingerprint density at radius 2 is 1.95 bits per heavy atom. The van der Waals surface area contributed by atoms with Crippen molar-refractivity contribution in [2.24, 2.45) is 5.84 Å². The number of hydrogen-bond donors (Lipinski definition) is 3. The van der Waals surface area contributed by atoms with Gasteiger partial charge in [0, 0.05) is 25.6 Å². The molecule has 2 rings (SSSR count). The molecule has 1 aromatic heterocycles. The number of carbonyl (C=O) groups excluding carboxylic acids is 1. The maximum Gasteiger partial charge on any atom is 0.244 e. The van der Waals surface area contributed by atoms with Crippen LogP contribution in [0.4, 0.5) is 11.6 Å². The van der Waals surface area contributed by atoms with Crippen LogP contribution in [0.15, 0.2) is 0 Å². The van der Waals surface area contributed by atoms with Crippen molar-refractivity contribution in [3.63, 3.8) is 0 Å². The Kier molecular flexibility index (Phi) is 4.08. The van der Waals surface area contributed by atoms with Crippen LogP contribution in [-0.4, -0.2) is 40.9 Å². The molecule has 0 aromatic carbocycles. The highest BCUT2D eigenvalue weighted by Crippen LogP contribution is 2.39. The number of likely N-dealkylation sites (N-methyl/N-ethyl adjacent to an activating group) is 1. The summed E-state index contributed by atoms with van der Waals surface area (Å²) in [6.45, 7) is 3.69. The summed E-state index contributed by atoms with van der Waals surface area (Å²) in [5, 5.41) is 3.15. The van der Waals surface area contributed by atoms with Crippen LogP contribution >= 0.6 is 0 Å². The fraction of sp³-hybridized carbons (Fsp3) is 0.615.